The molecule has 1 fully saturated rings. The van der Waals surface area contributed by atoms with Gasteiger partial charge in [-0.1, -0.05) is 0 Å². The Kier molecular flexibility index (Phi) is 2.45. The highest BCUT2D eigenvalue weighted by molar-refractivity contribution is 5.75. The molecule has 1 saturated carbocycles. The average molecular weight is 192 g/mol. The van der Waals surface area contributed by atoms with E-state index in [0.29, 0.717) is 29.7 Å². The van der Waals surface area contributed by atoms with Crippen molar-refractivity contribution in [2.45, 2.75) is 25.5 Å². The Bertz CT molecular complexity index is 348. The molecule has 1 aliphatic carbocycles. The van der Waals surface area contributed by atoms with Gasteiger partial charge in [0.1, 0.15) is 5.75 Å². The van der Waals surface area contributed by atoms with E-state index in [1.54, 1.807) is 6.07 Å². The summed E-state index contributed by atoms with van der Waals surface area (Å²) in [5.41, 5.74) is 6.74. The molecule has 0 atom stereocenters. The van der Waals surface area contributed by atoms with Crippen LogP contribution in [0.3, 0.4) is 0 Å². The van der Waals surface area contributed by atoms with Crippen LogP contribution in [0.2, 0.25) is 0 Å². The van der Waals surface area contributed by atoms with Gasteiger partial charge >= 0.3 is 0 Å². The molecule has 1 aliphatic rings. The summed E-state index contributed by atoms with van der Waals surface area (Å²) in [6.45, 7) is 0.335. The van der Waals surface area contributed by atoms with Crippen molar-refractivity contribution < 1.29 is 9.53 Å². The lowest BCUT2D eigenvalue weighted by Gasteiger charge is -2.08. The minimum atomic E-state index is 0.295. The molecular formula is C10H12N2O2. The Hall–Kier alpha value is -1.42. The number of pyridine rings is 1. The first-order valence-corrected chi connectivity index (χ1v) is 4.64. The minimum absolute atomic E-state index is 0.295. The van der Waals surface area contributed by atoms with E-state index in [1.165, 1.54) is 6.20 Å². The molecule has 14 heavy (non-hydrogen) atoms. The fraction of sp³-hybridized carbons (Fsp3) is 0.400. The molecule has 74 valence electrons. The molecule has 1 aromatic rings. The van der Waals surface area contributed by atoms with Crippen molar-refractivity contribution in [3.05, 3.63) is 23.5 Å². The van der Waals surface area contributed by atoms with Gasteiger partial charge in [-0.2, -0.15) is 0 Å². The predicted molar refractivity (Wildman–Crippen MR) is 51.2 cm³/mol. The van der Waals surface area contributed by atoms with Crippen LogP contribution in [-0.4, -0.2) is 17.4 Å². The number of rotatable bonds is 4. The second-order valence-electron chi connectivity index (χ2n) is 3.35. The smallest absolute Gasteiger partial charge is 0.151 e. The van der Waals surface area contributed by atoms with Gasteiger partial charge in [-0.15, -0.1) is 0 Å². The van der Waals surface area contributed by atoms with Crippen LogP contribution >= 0.6 is 0 Å². The van der Waals surface area contributed by atoms with E-state index in [4.69, 9.17) is 10.5 Å². The van der Waals surface area contributed by atoms with Crippen LogP contribution in [0.15, 0.2) is 12.3 Å². The van der Waals surface area contributed by atoms with Gasteiger partial charge < -0.3 is 10.5 Å². The Morgan fingerprint density at radius 3 is 3.00 bits per heavy atom. The normalized spacial score (nSPS) is 15.2. The summed E-state index contributed by atoms with van der Waals surface area (Å²) in [5, 5.41) is 0. The maximum absolute atomic E-state index is 10.5. The zero-order valence-electron chi connectivity index (χ0n) is 7.77. The quantitative estimate of drug-likeness (QED) is 0.719. The Balaban J connectivity index is 2.26. The fourth-order valence-corrected chi connectivity index (χ4v) is 1.17. The summed E-state index contributed by atoms with van der Waals surface area (Å²) in [6, 6.07) is 1.69. The summed E-state index contributed by atoms with van der Waals surface area (Å²) < 4.78 is 5.59. The summed E-state index contributed by atoms with van der Waals surface area (Å²) in [4.78, 5) is 14.6. The summed E-state index contributed by atoms with van der Waals surface area (Å²) in [6.07, 6.45) is 4.72. The van der Waals surface area contributed by atoms with Gasteiger partial charge in [0.25, 0.3) is 0 Å². The first-order valence-electron chi connectivity index (χ1n) is 4.64. The molecule has 0 spiro atoms. The topological polar surface area (TPSA) is 65.2 Å². The van der Waals surface area contributed by atoms with E-state index < -0.39 is 0 Å². The van der Waals surface area contributed by atoms with E-state index in [-0.39, 0.29) is 0 Å². The number of ether oxygens (including phenoxy) is 1. The van der Waals surface area contributed by atoms with Crippen LogP contribution in [0.25, 0.3) is 0 Å². The zero-order chi connectivity index (χ0) is 9.97. The summed E-state index contributed by atoms with van der Waals surface area (Å²) in [7, 11) is 0. The molecule has 0 amide bonds. The predicted octanol–water partition coefficient (Wildman–Crippen LogP) is 0.894. The van der Waals surface area contributed by atoms with E-state index in [2.05, 4.69) is 4.98 Å². The number of carbonyl (C=O) groups excluding carboxylic acids is 1. The van der Waals surface area contributed by atoms with Gasteiger partial charge in [-0.25, -0.2) is 0 Å². The molecule has 2 rings (SSSR count). The summed E-state index contributed by atoms with van der Waals surface area (Å²) >= 11 is 0. The van der Waals surface area contributed by atoms with Crippen LogP contribution in [0.5, 0.6) is 5.75 Å². The van der Waals surface area contributed by atoms with Gasteiger partial charge in [0, 0.05) is 18.3 Å². The third-order valence-electron chi connectivity index (χ3n) is 2.10. The van der Waals surface area contributed by atoms with Crippen LogP contribution in [0.4, 0.5) is 0 Å². The molecule has 1 aromatic heterocycles. The lowest BCUT2D eigenvalue weighted by Crippen LogP contribution is -2.06. The Labute approximate surface area is 82.1 Å². The minimum Gasteiger partial charge on any atom is -0.488 e. The number of hydrogen-bond donors (Lipinski definition) is 1. The number of aldehydes is 1. The van der Waals surface area contributed by atoms with Crippen molar-refractivity contribution in [1.82, 2.24) is 4.98 Å². The average Bonchev–Trinajstić information content (AvgIpc) is 3.01. The fourth-order valence-electron chi connectivity index (χ4n) is 1.17. The van der Waals surface area contributed by atoms with E-state index in [9.17, 15) is 4.79 Å². The van der Waals surface area contributed by atoms with Crippen molar-refractivity contribution in [3.8, 4) is 5.75 Å². The third kappa shape index (κ3) is 1.90. The lowest BCUT2D eigenvalue weighted by molar-refractivity contribution is 0.112. The number of carbonyl (C=O) groups is 1. The second kappa shape index (κ2) is 3.75. The van der Waals surface area contributed by atoms with Crippen LogP contribution in [0, 0.1) is 0 Å². The molecule has 0 radical (unpaired) electrons. The van der Waals surface area contributed by atoms with Crippen LogP contribution in [0.1, 0.15) is 28.9 Å². The van der Waals surface area contributed by atoms with Gasteiger partial charge in [-0.05, 0) is 18.9 Å². The molecule has 0 saturated heterocycles. The second-order valence-corrected chi connectivity index (χ2v) is 3.35. The molecule has 2 N–H and O–H groups in total. The zero-order valence-corrected chi connectivity index (χ0v) is 7.77. The van der Waals surface area contributed by atoms with Crippen molar-refractivity contribution in [2.24, 2.45) is 5.73 Å². The van der Waals surface area contributed by atoms with Crippen LogP contribution < -0.4 is 10.5 Å². The van der Waals surface area contributed by atoms with E-state index in [1.807, 2.05) is 0 Å². The molecule has 0 unspecified atom stereocenters. The number of nitrogens with zero attached hydrogens (tertiary/aromatic N) is 1. The van der Waals surface area contributed by atoms with Crippen molar-refractivity contribution in [2.75, 3.05) is 0 Å². The molecular weight excluding hydrogens is 180 g/mol. The standard InChI is InChI=1S/C10H12N2O2/c11-4-9-10(14-8-1-2-8)3-7(6-13)5-12-9/h3,5-6,8H,1-2,4,11H2. The Morgan fingerprint density at radius 2 is 2.43 bits per heavy atom. The van der Waals surface area contributed by atoms with Crippen molar-refractivity contribution in [3.63, 3.8) is 0 Å². The highest BCUT2D eigenvalue weighted by atomic mass is 16.5. The molecule has 4 nitrogen and oxygen atoms in total. The monoisotopic (exact) mass is 192 g/mol. The first kappa shape index (κ1) is 9.15. The van der Waals surface area contributed by atoms with E-state index >= 15 is 0 Å². The highest BCUT2D eigenvalue weighted by Gasteiger charge is 2.24. The van der Waals surface area contributed by atoms with Gasteiger partial charge in [0.15, 0.2) is 6.29 Å². The first-order chi connectivity index (χ1) is 6.83. The maximum atomic E-state index is 10.5. The van der Waals surface area contributed by atoms with Gasteiger partial charge in [-0.3, -0.25) is 9.78 Å². The largest absolute Gasteiger partial charge is 0.488 e. The molecule has 4 heteroatoms. The number of hydrogen-bond acceptors (Lipinski definition) is 4. The molecule has 0 aliphatic heterocycles. The van der Waals surface area contributed by atoms with E-state index in [0.717, 1.165) is 19.1 Å². The Morgan fingerprint density at radius 1 is 1.64 bits per heavy atom. The maximum Gasteiger partial charge on any atom is 0.151 e. The van der Waals surface area contributed by atoms with Crippen molar-refractivity contribution >= 4 is 6.29 Å². The molecule has 0 bridgehead atoms. The SMILES string of the molecule is NCc1ncc(C=O)cc1OC1CC1. The van der Waals surface area contributed by atoms with Gasteiger partial charge in [0.2, 0.25) is 0 Å². The van der Waals surface area contributed by atoms with Gasteiger partial charge in [0.05, 0.1) is 11.8 Å². The number of aromatic nitrogens is 1. The lowest BCUT2D eigenvalue weighted by atomic mass is 10.2. The highest BCUT2D eigenvalue weighted by Crippen LogP contribution is 2.28. The molecule has 1 heterocycles. The van der Waals surface area contributed by atoms with Crippen molar-refractivity contribution in [1.29, 1.82) is 0 Å². The number of nitrogens with two attached hydrogens (primary N) is 1. The molecule has 0 aromatic carbocycles. The third-order valence-corrected chi connectivity index (χ3v) is 2.10. The van der Waals surface area contributed by atoms with Crippen LogP contribution in [-0.2, 0) is 6.54 Å². The summed E-state index contributed by atoms with van der Waals surface area (Å²) in [5.74, 6) is 0.652.